The van der Waals surface area contributed by atoms with E-state index in [-0.39, 0.29) is 5.92 Å². The van der Waals surface area contributed by atoms with Crippen LogP contribution in [0.25, 0.3) is 0 Å². The van der Waals surface area contributed by atoms with Crippen molar-refractivity contribution < 1.29 is 0 Å². The minimum atomic E-state index is 0.255. The molecule has 0 radical (unpaired) electrons. The molecule has 5 heteroatoms. The van der Waals surface area contributed by atoms with Gasteiger partial charge in [-0.1, -0.05) is 0 Å². The van der Waals surface area contributed by atoms with Crippen molar-refractivity contribution in [2.24, 2.45) is 5.92 Å². The molecule has 1 aliphatic rings. The summed E-state index contributed by atoms with van der Waals surface area (Å²) in [5.41, 5.74) is 0. The van der Waals surface area contributed by atoms with Crippen molar-refractivity contribution in [3.63, 3.8) is 0 Å². The van der Waals surface area contributed by atoms with Gasteiger partial charge in [-0.25, -0.2) is 0 Å². The fourth-order valence-corrected chi connectivity index (χ4v) is 1.87. The fourth-order valence-electron chi connectivity index (χ4n) is 1.87. The van der Waals surface area contributed by atoms with Gasteiger partial charge in [0.2, 0.25) is 0 Å². The molecule has 1 rings (SSSR count). The summed E-state index contributed by atoms with van der Waals surface area (Å²) in [6.07, 6.45) is 0.490. The highest BCUT2D eigenvalue weighted by Gasteiger charge is 2.24. The van der Waals surface area contributed by atoms with E-state index in [0.717, 1.165) is 13.1 Å². The highest BCUT2D eigenvalue weighted by molar-refractivity contribution is 4.89. The monoisotopic (exact) mass is 203 g/mol. The molecule has 15 heavy (non-hydrogen) atoms. The third-order valence-corrected chi connectivity index (χ3v) is 2.40. The smallest absolute Gasteiger partial charge is 0.0876 e. The maximum absolute atomic E-state index is 8.63. The van der Waals surface area contributed by atoms with Crippen LogP contribution in [0.2, 0.25) is 0 Å². The van der Waals surface area contributed by atoms with Crippen molar-refractivity contribution >= 4 is 0 Å². The van der Waals surface area contributed by atoms with Crippen LogP contribution < -0.4 is 0 Å². The average molecular weight is 203 g/mol. The molecule has 1 heterocycles. The van der Waals surface area contributed by atoms with Gasteiger partial charge < -0.3 is 0 Å². The van der Waals surface area contributed by atoms with Gasteiger partial charge >= 0.3 is 0 Å². The van der Waals surface area contributed by atoms with Gasteiger partial charge in [-0.05, 0) is 5.92 Å². The molecular weight excluding hydrogens is 190 g/mol. The summed E-state index contributed by atoms with van der Waals surface area (Å²) in [6.45, 7) is 2.95. The van der Waals surface area contributed by atoms with Gasteiger partial charge in [-0.15, -0.1) is 0 Å². The van der Waals surface area contributed by atoms with Crippen LogP contribution in [-0.2, 0) is 0 Å². The SMILES string of the molecule is N#CCC1CN(CC#N)CN(CC#N)C1. The second kappa shape index (κ2) is 5.98. The van der Waals surface area contributed by atoms with E-state index in [1.54, 1.807) is 0 Å². The molecule has 0 amide bonds. The first-order valence-corrected chi connectivity index (χ1v) is 4.85. The lowest BCUT2D eigenvalue weighted by molar-refractivity contribution is 0.0686. The summed E-state index contributed by atoms with van der Waals surface area (Å²) in [6, 6.07) is 6.34. The first-order valence-electron chi connectivity index (χ1n) is 4.85. The van der Waals surface area contributed by atoms with Crippen LogP contribution in [0.3, 0.4) is 0 Å². The molecule has 0 atom stereocenters. The summed E-state index contributed by atoms with van der Waals surface area (Å²) in [5.74, 6) is 0.255. The number of hydrogen-bond acceptors (Lipinski definition) is 5. The van der Waals surface area contributed by atoms with Crippen molar-refractivity contribution in [1.29, 1.82) is 15.8 Å². The Balaban J connectivity index is 2.54. The number of nitrogens with zero attached hydrogens (tertiary/aromatic N) is 5. The summed E-state index contributed by atoms with van der Waals surface area (Å²) in [4.78, 5) is 3.95. The molecule has 0 N–H and O–H groups in total. The summed E-state index contributed by atoms with van der Waals surface area (Å²) < 4.78 is 0. The topological polar surface area (TPSA) is 77.8 Å². The molecule has 0 spiro atoms. The Morgan fingerprint density at radius 3 is 1.87 bits per heavy atom. The van der Waals surface area contributed by atoms with Crippen molar-refractivity contribution in [2.45, 2.75) is 6.42 Å². The molecule has 0 saturated carbocycles. The van der Waals surface area contributed by atoms with Crippen molar-refractivity contribution in [1.82, 2.24) is 9.80 Å². The maximum Gasteiger partial charge on any atom is 0.0876 e. The predicted octanol–water partition coefficient (Wildman–Crippen LogP) is 0.139. The standard InChI is InChI=1S/C10H13N5/c11-2-1-10-7-14(5-3-12)9-15(8-10)6-4-13/h10H,1,5-9H2. The third kappa shape index (κ3) is 3.56. The number of rotatable bonds is 3. The van der Waals surface area contributed by atoms with E-state index in [0.29, 0.717) is 26.2 Å². The predicted molar refractivity (Wildman–Crippen MR) is 53.0 cm³/mol. The Morgan fingerprint density at radius 1 is 0.933 bits per heavy atom. The molecule has 0 unspecified atom stereocenters. The average Bonchev–Trinajstić information content (AvgIpc) is 2.19. The molecule has 0 aromatic carbocycles. The minimum Gasteiger partial charge on any atom is -0.277 e. The molecule has 0 bridgehead atoms. The summed E-state index contributed by atoms with van der Waals surface area (Å²) in [5, 5.41) is 25.9. The third-order valence-electron chi connectivity index (χ3n) is 2.40. The highest BCUT2D eigenvalue weighted by atomic mass is 15.3. The van der Waals surface area contributed by atoms with Crippen molar-refractivity contribution in [3.8, 4) is 18.2 Å². The largest absolute Gasteiger partial charge is 0.277 e. The van der Waals surface area contributed by atoms with Crippen LogP contribution in [0.15, 0.2) is 0 Å². The van der Waals surface area contributed by atoms with Gasteiger partial charge in [-0.2, -0.15) is 15.8 Å². The Bertz CT molecular complexity index is 260. The molecule has 0 aromatic heterocycles. The Kier molecular flexibility index (Phi) is 4.57. The highest BCUT2D eigenvalue weighted by Crippen LogP contribution is 2.14. The van der Waals surface area contributed by atoms with Crippen LogP contribution in [0, 0.1) is 39.9 Å². The van der Waals surface area contributed by atoms with Gasteiger partial charge in [-0.3, -0.25) is 9.80 Å². The van der Waals surface area contributed by atoms with E-state index in [4.69, 9.17) is 15.8 Å². The van der Waals surface area contributed by atoms with Gasteiger partial charge in [0.1, 0.15) is 0 Å². The van der Waals surface area contributed by atoms with Crippen LogP contribution in [0.5, 0.6) is 0 Å². The zero-order valence-corrected chi connectivity index (χ0v) is 8.56. The molecule has 78 valence electrons. The maximum atomic E-state index is 8.63. The lowest BCUT2D eigenvalue weighted by atomic mass is 10.0. The fraction of sp³-hybridized carbons (Fsp3) is 0.700. The second-order valence-electron chi connectivity index (χ2n) is 3.71. The molecule has 5 nitrogen and oxygen atoms in total. The first kappa shape index (κ1) is 11.5. The van der Waals surface area contributed by atoms with Gasteiger partial charge in [0, 0.05) is 19.5 Å². The Labute approximate surface area is 89.7 Å². The van der Waals surface area contributed by atoms with E-state index in [1.165, 1.54) is 0 Å². The number of nitriles is 3. The van der Waals surface area contributed by atoms with Crippen molar-refractivity contribution in [2.75, 3.05) is 32.8 Å². The lowest BCUT2D eigenvalue weighted by Crippen LogP contribution is -2.49. The van der Waals surface area contributed by atoms with Crippen LogP contribution in [0.4, 0.5) is 0 Å². The van der Waals surface area contributed by atoms with E-state index < -0.39 is 0 Å². The zero-order valence-electron chi connectivity index (χ0n) is 8.56. The number of hydrogen-bond donors (Lipinski definition) is 0. The van der Waals surface area contributed by atoms with E-state index in [9.17, 15) is 0 Å². The normalized spacial score (nSPS) is 19.0. The van der Waals surface area contributed by atoms with Crippen LogP contribution in [0.1, 0.15) is 6.42 Å². The molecule has 1 saturated heterocycles. The van der Waals surface area contributed by atoms with Gasteiger partial charge in [0.15, 0.2) is 0 Å². The minimum absolute atomic E-state index is 0.255. The van der Waals surface area contributed by atoms with E-state index in [2.05, 4.69) is 18.2 Å². The zero-order chi connectivity index (χ0) is 11.1. The van der Waals surface area contributed by atoms with Crippen molar-refractivity contribution in [3.05, 3.63) is 0 Å². The quantitative estimate of drug-likeness (QED) is 0.609. The Morgan fingerprint density at radius 2 is 1.47 bits per heavy atom. The molecule has 1 aliphatic heterocycles. The van der Waals surface area contributed by atoms with Gasteiger partial charge in [0.25, 0.3) is 0 Å². The molecular formula is C10H13N5. The van der Waals surface area contributed by atoms with Crippen LogP contribution in [-0.4, -0.2) is 42.6 Å². The van der Waals surface area contributed by atoms with Crippen LogP contribution >= 0.6 is 0 Å². The lowest BCUT2D eigenvalue weighted by Gasteiger charge is -2.37. The summed E-state index contributed by atoms with van der Waals surface area (Å²) in [7, 11) is 0. The molecule has 0 aliphatic carbocycles. The summed E-state index contributed by atoms with van der Waals surface area (Å²) >= 11 is 0. The molecule has 0 aromatic rings. The Hall–Kier alpha value is -1.61. The van der Waals surface area contributed by atoms with E-state index >= 15 is 0 Å². The van der Waals surface area contributed by atoms with Gasteiger partial charge in [0.05, 0.1) is 38.0 Å². The second-order valence-corrected chi connectivity index (χ2v) is 3.71. The first-order chi connectivity index (χ1) is 7.30. The molecule has 1 fully saturated rings. The van der Waals surface area contributed by atoms with E-state index in [1.807, 2.05) is 9.80 Å².